The lowest BCUT2D eigenvalue weighted by atomic mass is 9.95. The monoisotopic (exact) mass is 217 g/mol. The summed E-state index contributed by atoms with van der Waals surface area (Å²) in [7, 11) is 0. The fraction of sp³-hybridized carbons (Fsp3) is 0.909. The van der Waals surface area contributed by atoms with E-state index >= 15 is 0 Å². The SMILES string of the molecule is CCCOCC(=O)NC(C)(CC)CCO. The fourth-order valence-electron chi connectivity index (χ4n) is 1.26. The quantitative estimate of drug-likeness (QED) is 0.598. The maximum absolute atomic E-state index is 11.4. The van der Waals surface area contributed by atoms with Gasteiger partial charge in [0.05, 0.1) is 0 Å². The Kier molecular flexibility index (Phi) is 7.34. The van der Waals surface area contributed by atoms with E-state index in [4.69, 9.17) is 9.84 Å². The Balaban J connectivity index is 3.90. The minimum Gasteiger partial charge on any atom is -0.396 e. The van der Waals surface area contributed by atoms with Gasteiger partial charge in [-0.2, -0.15) is 0 Å². The summed E-state index contributed by atoms with van der Waals surface area (Å²) in [5.41, 5.74) is -0.318. The fourth-order valence-corrected chi connectivity index (χ4v) is 1.26. The smallest absolute Gasteiger partial charge is 0.246 e. The van der Waals surface area contributed by atoms with Crippen LogP contribution < -0.4 is 5.32 Å². The van der Waals surface area contributed by atoms with Crippen molar-refractivity contribution >= 4 is 5.91 Å². The van der Waals surface area contributed by atoms with Crippen LogP contribution in [0.2, 0.25) is 0 Å². The highest BCUT2D eigenvalue weighted by atomic mass is 16.5. The Bertz CT molecular complexity index is 185. The zero-order chi connectivity index (χ0) is 11.7. The van der Waals surface area contributed by atoms with E-state index in [1.54, 1.807) is 0 Å². The van der Waals surface area contributed by atoms with E-state index in [9.17, 15) is 4.79 Å². The third-order valence-corrected chi connectivity index (χ3v) is 2.47. The van der Waals surface area contributed by atoms with Crippen LogP contribution >= 0.6 is 0 Å². The second-order valence-corrected chi connectivity index (χ2v) is 3.99. The van der Waals surface area contributed by atoms with E-state index in [1.165, 1.54) is 0 Å². The predicted molar refractivity (Wildman–Crippen MR) is 59.7 cm³/mol. The van der Waals surface area contributed by atoms with Crippen LogP contribution in [0, 0.1) is 0 Å². The summed E-state index contributed by atoms with van der Waals surface area (Å²) in [4.78, 5) is 11.4. The zero-order valence-electron chi connectivity index (χ0n) is 10.0. The number of aliphatic hydroxyl groups is 1. The average Bonchev–Trinajstić information content (AvgIpc) is 2.18. The van der Waals surface area contributed by atoms with Crippen LogP contribution in [0.1, 0.15) is 40.0 Å². The lowest BCUT2D eigenvalue weighted by Gasteiger charge is -2.28. The maximum Gasteiger partial charge on any atom is 0.246 e. The topological polar surface area (TPSA) is 58.6 Å². The number of aliphatic hydroxyl groups excluding tert-OH is 1. The van der Waals surface area contributed by atoms with Crippen molar-refractivity contribution in [1.82, 2.24) is 5.32 Å². The second-order valence-electron chi connectivity index (χ2n) is 3.99. The molecule has 0 aliphatic heterocycles. The van der Waals surface area contributed by atoms with E-state index in [2.05, 4.69) is 5.32 Å². The molecular weight excluding hydrogens is 194 g/mol. The molecule has 0 aliphatic rings. The molecule has 0 saturated heterocycles. The lowest BCUT2D eigenvalue weighted by Crippen LogP contribution is -2.47. The van der Waals surface area contributed by atoms with Crippen molar-refractivity contribution in [3.05, 3.63) is 0 Å². The molecule has 1 atom stereocenters. The number of carbonyl (C=O) groups excluding carboxylic acids is 1. The summed E-state index contributed by atoms with van der Waals surface area (Å²) < 4.78 is 5.14. The van der Waals surface area contributed by atoms with Crippen molar-refractivity contribution < 1.29 is 14.6 Å². The highest BCUT2D eigenvalue weighted by Gasteiger charge is 2.23. The third kappa shape index (κ3) is 6.47. The molecule has 90 valence electrons. The first-order valence-electron chi connectivity index (χ1n) is 5.57. The Morgan fingerprint density at radius 3 is 2.60 bits per heavy atom. The van der Waals surface area contributed by atoms with Crippen LogP contribution in [0.3, 0.4) is 0 Å². The number of hydrogen-bond acceptors (Lipinski definition) is 3. The van der Waals surface area contributed by atoms with Crippen LogP contribution in [0.15, 0.2) is 0 Å². The zero-order valence-corrected chi connectivity index (χ0v) is 10.0. The van der Waals surface area contributed by atoms with Gasteiger partial charge in [-0.05, 0) is 26.2 Å². The molecule has 0 aromatic carbocycles. The van der Waals surface area contributed by atoms with E-state index in [1.807, 2.05) is 20.8 Å². The van der Waals surface area contributed by atoms with Crippen LogP contribution in [0.25, 0.3) is 0 Å². The molecule has 0 radical (unpaired) electrons. The molecule has 0 saturated carbocycles. The van der Waals surface area contributed by atoms with Gasteiger partial charge in [0.1, 0.15) is 6.61 Å². The van der Waals surface area contributed by atoms with Crippen molar-refractivity contribution in [2.45, 2.75) is 45.6 Å². The van der Waals surface area contributed by atoms with E-state index < -0.39 is 0 Å². The number of ether oxygens (including phenoxy) is 1. The third-order valence-electron chi connectivity index (χ3n) is 2.47. The molecule has 2 N–H and O–H groups in total. The van der Waals surface area contributed by atoms with Gasteiger partial charge in [0.25, 0.3) is 0 Å². The van der Waals surface area contributed by atoms with Crippen LogP contribution in [-0.2, 0) is 9.53 Å². The molecular formula is C11H23NO3. The molecule has 4 heteroatoms. The van der Waals surface area contributed by atoms with Gasteiger partial charge < -0.3 is 15.2 Å². The van der Waals surface area contributed by atoms with Crippen LogP contribution in [-0.4, -0.2) is 36.4 Å². The van der Waals surface area contributed by atoms with Gasteiger partial charge in [-0.15, -0.1) is 0 Å². The van der Waals surface area contributed by atoms with Crippen molar-refractivity contribution in [1.29, 1.82) is 0 Å². The van der Waals surface area contributed by atoms with Crippen molar-refractivity contribution in [3.8, 4) is 0 Å². The Morgan fingerprint density at radius 2 is 2.13 bits per heavy atom. The number of rotatable bonds is 8. The van der Waals surface area contributed by atoms with Crippen LogP contribution in [0.4, 0.5) is 0 Å². The maximum atomic E-state index is 11.4. The molecule has 1 unspecified atom stereocenters. The molecule has 0 aliphatic carbocycles. The normalized spacial score (nSPS) is 14.7. The summed E-state index contributed by atoms with van der Waals surface area (Å²) in [5, 5.41) is 11.8. The first kappa shape index (κ1) is 14.4. The highest BCUT2D eigenvalue weighted by Crippen LogP contribution is 2.13. The summed E-state index contributed by atoms with van der Waals surface area (Å²) in [6.45, 7) is 6.72. The standard InChI is InChI=1S/C11H23NO3/c1-4-8-15-9-10(14)12-11(3,5-2)6-7-13/h13H,4-9H2,1-3H3,(H,12,14). The summed E-state index contributed by atoms with van der Waals surface area (Å²) in [5.74, 6) is -0.110. The van der Waals surface area contributed by atoms with Crippen molar-refractivity contribution in [2.75, 3.05) is 19.8 Å². The van der Waals surface area contributed by atoms with Crippen molar-refractivity contribution in [2.24, 2.45) is 0 Å². The summed E-state index contributed by atoms with van der Waals surface area (Å²) >= 11 is 0. The lowest BCUT2D eigenvalue weighted by molar-refractivity contribution is -0.127. The minimum atomic E-state index is -0.318. The Hall–Kier alpha value is -0.610. The average molecular weight is 217 g/mol. The summed E-state index contributed by atoms with van der Waals surface area (Å²) in [6, 6.07) is 0. The van der Waals surface area contributed by atoms with Gasteiger partial charge in [0.15, 0.2) is 0 Å². The Morgan fingerprint density at radius 1 is 1.47 bits per heavy atom. The van der Waals surface area contributed by atoms with Crippen LogP contribution in [0.5, 0.6) is 0 Å². The number of carbonyl (C=O) groups is 1. The van der Waals surface area contributed by atoms with Crippen molar-refractivity contribution in [3.63, 3.8) is 0 Å². The van der Waals surface area contributed by atoms with Gasteiger partial charge >= 0.3 is 0 Å². The molecule has 0 bridgehead atoms. The van der Waals surface area contributed by atoms with Gasteiger partial charge in [-0.1, -0.05) is 13.8 Å². The second kappa shape index (κ2) is 7.65. The molecule has 0 aromatic rings. The van der Waals surface area contributed by atoms with Gasteiger partial charge in [0.2, 0.25) is 5.91 Å². The molecule has 0 heterocycles. The minimum absolute atomic E-state index is 0.0838. The largest absolute Gasteiger partial charge is 0.396 e. The molecule has 0 fully saturated rings. The van der Waals surface area contributed by atoms with Gasteiger partial charge in [-0.3, -0.25) is 4.79 Å². The molecule has 0 rings (SSSR count). The first-order chi connectivity index (χ1) is 7.08. The van der Waals surface area contributed by atoms with Gasteiger partial charge in [0, 0.05) is 18.8 Å². The number of nitrogens with one attached hydrogen (secondary N) is 1. The summed E-state index contributed by atoms with van der Waals surface area (Å²) in [6.07, 6.45) is 2.28. The number of amides is 1. The predicted octanol–water partition coefficient (Wildman–Crippen LogP) is 1.08. The first-order valence-corrected chi connectivity index (χ1v) is 5.57. The molecule has 0 spiro atoms. The Labute approximate surface area is 92.0 Å². The number of hydrogen-bond donors (Lipinski definition) is 2. The van der Waals surface area contributed by atoms with E-state index in [0.717, 1.165) is 12.8 Å². The molecule has 4 nitrogen and oxygen atoms in total. The molecule has 0 aromatic heterocycles. The molecule has 1 amide bonds. The highest BCUT2D eigenvalue weighted by molar-refractivity contribution is 5.77. The molecule has 15 heavy (non-hydrogen) atoms. The van der Waals surface area contributed by atoms with Gasteiger partial charge in [-0.25, -0.2) is 0 Å². The van der Waals surface area contributed by atoms with E-state index in [0.29, 0.717) is 13.0 Å². The van der Waals surface area contributed by atoms with E-state index in [-0.39, 0.29) is 24.7 Å².